The number of nitriles is 1. The van der Waals surface area contributed by atoms with E-state index < -0.39 is 16.0 Å². The quantitative estimate of drug-likeness (QED) is 0.762. The normalized spacial score (nSPS) is 10.8. The fraction of sp³-hybridized carbons (Fsp3) is 0.273. The number of aromatic carboxylic acids is 1. The van der Waals surface area contributed by atoms with Crippen LogP contribution in [0.5, 0.6) is 5.75 Å². The van der Waals surface area contributed by atoms with E-state index >= 15 is 0 Å². The summed E-state index contributed by atoms with van der Waals surface area (Å²) in [6.45, 7) is -0.100. The van der Waals surface area contributed by atoms with E-state index in [2.05, 4.69) is 4.72 Å². The van der Waals surface area contributed by atoms with E-state index in [4.69, 9.17) is 26.7 Å². The summed E-state index contributed by atoms with van der Waals surface area (Å²) in [5.41, 5.74) is -0.361. The predicted octanol–water partition coefficient (Wildman–Crippen LogP) is 1.24. The topological polar surface area (TPSA) is 116 Å². The van der Waals surface area contributed by atoms with Crippen molar-refractivity contribution in [3.63, 3.8) is 0 Å². The second kappa shape index (κ2) is 6.56. The Hall–Kier alpha value is -1.82. The lowest BCUT2D eigenvalue weighted by molar-refractivity contribution is 0.0693. The Morgan fingerprint density at radius 2 is 2.20 bits per heavy atom. The lowest BCUT2D eigenvalue weighted by atomic mass is 10.2. The van der Waals surface area contributed by atoms with E-state index in [-0.39, 0.29) is 34.2 Å². The molecule has 20 heavy (non-hydrogen) atoms. The van der Waals surface area contributed by atoms with Crippen LogP contribution in [-0.4, -0.2) is 33.1 Å². The van der Waals surface area contributed by atoms with Crippen LogP contribution in [0.25, 0.3) is 0 Å². The molecule has 7 nitrogen and oxygen atoms in total. The second-order valence-corrected chi connectivity index (χ2v) is 5.77. The van der Waals surface area contributed by atoms with Gasteiger partial charge in [-0.1, -0.05) is 11.6 Å². The lowest BCUT2D eigenvalue weighted by Gasteiger charge is -2.13. The maximum absolute atomic E-state index is 12.1. The van der Waals surface area contributed by atoms with Crippen molar-refractivity contribution >= 4 is 27.6 Å². The lowest BCUT2D eigenvalue weighted by Crippen LogP contribution is -2.25. The third-order valence-corrected chi connectivity index (χ3v) is 3.96. The minimum atomic E-state index is -4.03. The summed E-state index contributed by atoms with van der Waals surface area (Å²) in [6, 6.07) is 3.96. The minimum absolute atomic E-state index is 0.0199. The van der Waals surface area contributed by atoms with E-state index in [1.807, 2.05) is 0 Å². The molecule has 0 amide bonds. The predicted molar refractivity (Wildman–Crippen MR) is 70.4 cm³/mol. The molecule has 9 heteroatoms. The van der Waals surface area contributed by atoms with Crippen molar-refractivity contribution in [2.75, 3.05) is 13.7 Å². The van der Waals surface area contributed by atoms with E-state index in [9.17, 15) is 13.2 Å². The molecule has 0 aromatic heterocycles. The number of carbonyl (C=O) groups is 1. The molecule has 1 aromatic rings. The summed E-state index contributed by atoms with van der Waals surface area (Å²) in [6.07, 6.45) is -0.0199. The van der Waals surface area contributed by atoms with Gasteiger partial charge in [-0.3, -0.25) is 0 Å². The molecule has 0 unspecified atom stereocenters. The number of sulfonamides is 1. The van der Waals surface area contributed by atoms with Crippen molar-refractivity contribution in [1.29, 1.82) is 5.26 Å². The molecule has 0 saturated carbocycles. The molecule has 0 aliphatic heterocycles. The zero-order chi connectivity index (χ0) is 15.3. The van der Waals surface area contributed by atoms with Gasteiger partial charge in [0.2, 0.25) is 10.0 Å². The number of ether oxygens (including phenoxy) is 1. The van der Waals surface area contributed by atoms with Gasteiger partial charge in [-0.2, -0.15) is 5.26 Å². The molecule has 1 rings (SSSR count). The molecular weight excluding hydrogens is 308 g/mol. The monoisotopic (exact) mass is 318 g/mol. The van der Waals surface area contributed by atoms with Gasteiger partial charge in [-0.15, -0.1) is 0 Å². The molecular formula is C11H11ClN2O5S. The van der Waals surface area contributed by atoms with Gasteiger partial charge in [0, 0.05) is 18.0 Å². The van der Waals surface area contributed by atoms with Gasteiger partial charge >= 0.3 is 5.97 Å². The average Bonchev–Trinajstić information content (AvgIpc) is 2.37. The van der Waals surface area contributed by atoms with Crippen LogP contribution < -0.4 is 9.46 Å². The number of nitrogens with zero attached hydrogens (tertiary/aromatic N) is 1. The first-order valence-electron chi connectivity index (χ1n) is 5.31. The number of nitrogens with one attached hydrogen (secondary N) is 1. The van der Waals surface area contributed by atoms with Crippen LogP contribution in [0.4, 0.5) is 0 Å². The first kappa shape index (κ1) is 16.2. The van der Waals surface area contributed by atoms with Gasteiger partial charge in [0.25, 0.3) is 0 Å². The van der Waals surface area contributed by atoms with E-state index in [0.29, 0.717) is 0 Å². The number of rotatable bonds is 6. The molecule has 0 aliphatic carbocycles. The second-order valence-electron chi connectivity index (χ2n) is 3.60. The number of hydrogen-bond donors (Lipinski definition) is 2. The van der Waals surface area contributed by atoms with Gasteiger partial charge in [0.15, 0.2) is 5.75 Å². The number of halogens is 1. The maximum Gasteiger partial charge on any atom is 0.339 e. The Labute approximate surface area is 120 Å². The van der Waals surface area contributed by atoms with Crippen LogP contribution in [0.15, 0.2) is 17.0 Å². The Kier molecular flexibility index (Phi) is 5.33. The maximum atomic E-state index is 12.1. The number of hydrogen-bond acceptors (Lipinski definition) is 5. The summed E-state index contributed by atoms with van der Waals surface area (Å²) in [5, 5.41) is 17.4. The van der Waals surface area contributed by atoms with Gasteiger partial charge in [0.05, 0.1) is 13.2 Å². The first-order chi connectivity index (χ1) is 9.33. The summed E-state index contributed by atoms with van der Waals surface area (Å²) >= 11 is 5.73. The molecule has 108 valence electrons. The fourth-order valence-corrected chi connectivity index (χ4v) is 2.99. The zero-order valence-corrected chi connectivity index (χ0v) is 12.0. The smallest absolute Gasteiger partial charge is 0.339 e. The van der Waals surface area contributed by atoms with Gasteiger partial charge in [0.1, 0.15) is 10.5 Å². The van der Waals surface area contributed by atoms with Crippen LogP contribution in [-0.2, 0) is 10.0 Å². The Morgan fingerprint density at radius 1 is 1.55 bits per heavy atom. The summed E-state index contributed by atoms with van der Waals surface area (Å²) in [4.78, 5) is 10.7. The van der Waals surface area contributed by atoms with Crippen molar-refractivity contribution in [3.8, 4) is 11.8 Å². The van der Waals surface area contributed by atoms with E-state index in [1.54, 1.807) is 6.07 Å². The highest BCUT2D eigenvalue weighted by molar-refractivity contribution is 7.89. The zero-order valence-electron chi connectivity index (χ0n) is 10.4. The van der Waals surface area contributed by atoms with Crippen molar-refractivity contribution in [2.45, 2.75) is 11.3 Å². The van der Waals surface area contributed by atoms with Crippen LogP contribution in [0.1, 0.15) is 16.8 Å². The molecule has 0 bridgehead atoms. The molecule has 0 aliphatic rings. The van der Waals surface area contributed by atoms with Crippen molar-refractivity contribution in [3.05, 3.63) is 22.7 Å². The molecule has 0 saturated heterocycles. The highest BCUT2D eigenvalue weighted by Gasteiger charge is 2.25. The molecule has 0 atom stereocenters. The Bertz CT molecular complexity index is 666. The largest absolute Gasteiger partial charge is 0.494 e. The fourth-order valence-electron chi connectivity index (χ4n) is 1.46. The van der Waals surface area contributed by atoms with Gasteiger partial charge in [-0.25, -0.2) is 17.9 Å². The van der Waals surface area contributed by atoms with Gasteiger partial charge < -0.3 is 9.84 Å². The number of carboxylic acid groups (broad SMARTS) is 1. The highest BCUT2D eigenvalue weighted by Crippen LogP contribution is 2.31. The molecule has 1 aromatic carbocycles. The van der Waals surface area contributed by atoms with Gasteiger partial charge in [-0.05, 0) is 12.1 Å². The standard InChI is InChI=1S/C11H11ClN2O5S/c1-19-10-8(11(15)16)5-7(12)6-9(10)20(17,18)14-4-2-3-13/h5-6,14H,2,4H2,1H3,(H,15,16). The summed E-state index contributed by atoms with van der Waals surface area (Å²) < 4.78 is 31.1. The third-order valence-electron chi connectivity index (χ3n) is 2.27. The molecule has 0 heterocycles. The SMILES string of the molecule is COc1c(C(=O)O)cc(Cl)cc1S(=O)(=O)NCCC#N. The van der Waals surface area contributed by atoms with E-state index in [0.717, 1.165) is 19.2 Å². The Balaban J connectivity index is 3.37. The Morgan fingerprint density at radius 3 is 2.70 bits per heavy atom. The third kappa shape index (κ3) is 3.60. The minimum Gasteiger partial charge on any atom is -0.494 e. The van der Waals surface area contributed by atoms with E-state index in [1.165, 1.54) is 0 Å². The van der Waals surface area contributed by atoms with Crippen molar-refractivity contribution in [1.82, 2.24) is 4.72 Å². The van der Waals surface area contributed by atoms with Crippen LogP contribution in [0, 0.1) is 11.3 Å². The number of methoxy groups -OCH3 is 1. The average molecular weight is 319 g/mol. The number of carboxylic acids is 1. The molecule has 2 N–H and O–H groups in total. The highest BCUT2D eigenvalue weighted by atomic mass is 35.5. The van der Waals surface area contributed by atoms with Crippen LogP contribution in [0.2, 0.25) is 5.02 Å². The van der Waals surface area contributed by atoms with Crippen LogP contribution in [0.3, 0.4) is 0 Å². The van der Waals surface area contributed by atoms with Crippen molar-refractivity contribution < 1.29 is 23.1 Å². The molecule has 0 spiro atoms. The summed E-state index contributed by atoms with van der Waals surface area (Å²) in [5.74, 6) is -1.68. The number of benzene rings is 1. The van der Waals surface area contributed by atoms with Crippen molar-refractivity contribution in [2.24, 2.45) is 0 Å². The molecule has 0 radical (unpaired) electrons. The molecule has 0 fully saturated rings. The summed E-state index contributed by atoms with van der Waals surface area (Å²) in [7, 11) is -2.87. The van der Waals surface area contributed by atoms with Crippen LogP contribution >= 0.6 is 11.6 Å². The first-order valence-corrected chi connectivity index (χ1v) is 7.17.